The molecule has 124 valence electrons. The molecule has 0 amide bonds. The maximum absolute atomic E-state index is 12.4. The number of ether oxygens (including phenoxy) is 2. The van der Waals surface area contributed by atoms with Crippen molar-refractivity contribution in [1.29, 1.82) is 0 Å². The Labute approximate surface area is 137 Å². The van der Waals surface area contributed by atoms with E-state index in [1.165, 1.54) is 19.2 Å². The molecule has 2 aromatic carbocycles. The lowest BCUT2D eigenvalue weighted by atomic mass is 10.1. The van der Waals surface area contributed by atoms with Gasteiger partial charge in [0.1, 0.15) is 11.5 Å². The van der Waals surface area contributed by atoms with Crippen LogP contribution in [0.3, 0.4) is 0 Å². The Bertz CT molecular complexity index is 783. The molecule has 6 heteroatoms. The number of sulfonamides is 1. The summed E-state index contributed by atoms with van der Waals surface area (Å²) >= 11 is 0. The molecule has 0 aromatic heterocycles. The quantitative estimate of drug-likeness (QED) is 0.882. The molecule has 0 spiro atoms. The molecule has 0 bridgehead atoms. The molecule has 2 aromatic rings. The Morgan fingerprint density at radius 2 is 1.57 bits per heavy atom. The number of benzene rings is 2. The first-order valence-electron chi connectivity index (χ1n) is 7.15. The third-order valence-corrected chi connectivity index (χ3v) is 5.14. The molecule has 0 unspecified atom stereocenters. The lowest BCUT2D eigenvalue weighted by molar-refractivity contribution is 0.408. The van der Waals surface area contributed by atoms with E-state index in [1.807, 2.05) is 26.0 Å². The molecule has 2 rings (SSSR count). The lowest BCUT2D eigenvalue weighted by Gasteiger charge is -2.13. The molecule has 0 aliphatic heterocycles. The van der Waals surface area contributed by atoms with Gasteiger partial charge in [0, 0.05) is 12.1 Å². The number of nitrogens with one attached hydrogen (secondary N) is 1. The second kappa shape index (κ2) is 7.02. The van der Waals surface area contributed by atoms with Gasteiger partial charge in [-0.15, -0.1) is 0 Å². The van der Waals surface area contributed by atoms with Crippen LogP contribution in [0, 0.1) is 13.8 Å². The Morgan fingerprint density at radius 1 is 0.957 bits per heavy atom. The summed E-state index contributed by atoms with van der Waals surface area (Å²) in [6.07, 6.45) is 0. The van der Waals surface area contributed by atoms with E-state index in [4.69, 9.17) is 9.47 Å². The predicted octanol–water partition coefficient (Wildman–Crippen LogP) is 2.80. The van der Waals surface area contributed by atoms with Crippen molar-refractivity contribution >= 4 is 10.0 Å². The average Bonchev–Trinajstić information content (AvgIpc) is 2.55. The summed E-state index contributed by atoms with van der Waals surface area (Å²) in [4.78, 5) is 0.195. The van der Waals surface area contributed by atoms with Crippen molar-refractivity contribution in [2.24, 2.45) is 0 Å². The molecule has 0 saturated carbocycles. The van der Waals surface area contributed by atoms with Crippen LogP contribution in [0.5, 0.6) is 11.5 Å². The average molecular weight is 335 g/mol. The van der Waals surface area contributed by atoms with Crippen molar-refractivity contribution in [3.8, 4) is 11.5 Å². The second-order valence-corrected chi connectivity index (χ2v) is 7.02. The fourth-order valence-corrected chi connectivity index (χ4v) is 3.20. The number of aryl methyl sites for hydroxylation is 2. The van der Waals surface area contributed by atoms with Crippen molar-refractivity contribution in [3.05, 3.63) is 53.1 Å². The zero-order valence-corrected chi connectivity index (χ0v) is 14.5. The Kier molecular flexibility index (Phi) is 5.28. The highest BCUT2D eigenvalue weighted by Gasteiger charge is 2.15. The van der Waals surface area contributed by atoms with Gasteiger partial charge in [0.2, 0.25) is 10.0 Å². The standard InChI is InChI=1S/C17H21NO4S/c1-12-9-14(17(22-4)10-13(12)2)11-18-23(19,20)16-7-5-15(21-3)6-8-16/h5-10,18H,11H2,1-4H3. The minimum absolute atomic E-state index is 0.165. The number of hydrogen-bond acceptors (Lipinski definition) is 4. The monoisotopic (exact) mass is 335 g/mol. The fourth-order valence-electron chi connectivity index (χ4n) is 2.19. The molecular formula is C17H21NO4S. The molecule has 0 saturated heterocycles. The predicted molar refractivity (Wildman–Crippen MR) is 89.5 cm³/mol. The zero-order chi connectivity index (χ0) is 17.0. The third kappa shape index (κ3) is 4.03. The zero-order valence-electron chi connectivity index (χ0n) is 13.7. The topological polar surface area (TPSA) is 64.6 Å². The number of rotatable bonds is 6. The number of methoxy groups -OCH3 is 2. The third-order valence-electron chi connectivity index (χ3n) is 3.72. The Hall–Kier alpha value is -2.05. The van der Waals surface area contributed by atoms with Gasteiger partial charge in [0.25, 0.3) is 0 Å². The molecule has 0 atom stereocenters. The molecule has 0 aliphatic carbocycles. The highest BCUT2D eigenvalue weighted by molar-refractivity contribution is 7.89. The summed E-state index contributed by atoms with van der Waals surface area (Å²) in [5.41, 5.74) is 2.99. The van der Waals surface area contributed by atoms with E-state index in [9.17, 15) is 8.42 Å². The molecule has 0 fully saturated rings. The first-order valence-corrected chi connectivity index (χ1v) is 8.63. The van der Waals surface area contributed by atoms with Crippen molar-refractivity contribution in [2.45, 2.75) is 25.3 Å². The summed E-state index contributed by atoms with van der Waals surface area (Å²) in [5, 5.41) is 0. The van der Waals surface area contributed by atoms with Crippen LogP contribution in [0.15, 0.2) is 41.3 Å². The molecule has 5 nitrogen and oxygen atoms in total. The normalized spacial score (nSPS) is 11.3. The molecule has 0 heterocycles. The van der Waals surface area contributed by atoms with Crippen molar-refractivity contribution in [3.63, 3.8) is 0 Å². The van der Waals surface area contributed by atoms with Gasteiger partial charge in [-0.3, -0.25) is 0 Å². The van der Waals surface area contributed by atoms with Crippen molar-refractivity contribution < 1.29 is 17.9 Å². The summed E-state index contributed by atoms with van der Waals surface area (Å²) in [6, 6.07) is 10.1. The van der Waals surface area contributed by atoms with Crippen LogP contribution in [0.2, 0.25) is 0 Å². The minimum Gasteiger partial charge on any atom is -0.497 e. The van der Waals surface area contributed by atoms with Gasteiger partial charge in [-0.05, 0) is 55.3 Å². The van der Waals surface area contributed by atoms with Crippen LogP contribution >= 0.6 is 0 Å². The molecule has 0 radical (unpaired) electrons. The maximum atomic E-state index is 12.4. The van der Waals surface area contributed by atoms with E-state index in [0.29, 0.717) is 11.5 Å². The maximum Gasteiger partial charge on any atom is 0.240 e. The van der Waals surface area contributed by atoms with Crippen molar-refractivity contribution in [1.82, 2.24) is 4.72 Å². The number of hydrogen-bond donors (Lipinski definition) is 1. The van der Waals surface area contributed by atoms with E-state index in [1.54, 1.807) is 19.2 Å². The van der Waals surface area contributed by atoms with E-state index in [2.05, 4.69) is 4.72 Å². The van der Waals surface area contributed by atoms with Gasteiger partial charge in [-0.1, -0.05) is 6.07 Å². The summed E-state index contributed by atoms with van der Waals surface area (Å²) in [5.74, 6) is 1.28. The smallest absolute Gasteiger partial charge is 0.240 e. The van der Waals surface area contributed by atoms with E-state index in [0.717, 1.165) is 16.7 Å². The first kappa shape index (κ1) is 17.3. The van der Waals surface area contributed by atoms with Gasteiger partial charge in [-0.2, -0.15) is 0 Å². The Morgan fingerprint density at radius 3 is 2.13 bits per heavy atom. The van der Waals surface area contributed by atoms with Crippen LogP contribution < -0.4 is 14.2 Å². The van der Waals surface area contributed by atoms with Gasteiger partial charge < -0.3 is 9.47 Å². The molecular weight excluding hydrogens is 314 g/mol. The van der Waals surface area contributed by atoms with Gasteiger partial charge in [-0.25, -0.2) is 13.1 Å². The van der Waals surface area contributed by atoms with Crippen LogP contribution in [-0.4, -0.2) is 22.6 Å². The minimum atomic E-state index is -3.59. The summed E-state index contributed by atoms with van der Waals surface area (Å²) < 4.78 is 37.7. The first-order chi connectivity index (χ1) is 10.9. The Balaban J connectivity index is 2.20. The van der Waals surface area contributed by atoms with Crippen LogP contribution in [0.4, 0.5) is 0 Å². The highest BCUT2D eigenvalue weighted by atomic mass is 32.2. The van der Waals surface area contributed by atoms with Gasteiger partial charge in [0.15, 0.2) is 0 Å². The summed E-state index contributed by atoms with van der Waals surface area (Å²) in [7, 11) is -0.482. The van der Waals surface area contributed by atoms with E-state index < -0.39 is 10.0 Å². The highest BCUT2D eigenvalue weighted by Crippen LogP contribution is 2.23. The molecule has 0 aliphatic rings. The van der Waals surface area contributed by atoms with Gasteiger partial charge >= 0.3 is 0 Å². The fraction of sp³-hybridized carbons (Fsp3) is 0.294. The van der Waals surface area contributed by atoms with Crippen LogP contribution in [-0.2, 0) is 16.6 Å². The second-order valence-electron chi connectivity index (χ2n) is 5.25. The lowest BCUT2D eigenvalue weighted by Crippen LogP contribution is -2.23. The largest absolute Gasteiger partial charge is 0.497 e. The molecule has 1 N–H and O–H groups in total. The van der Waals surface area contributed by atoms with Crippen molar-refractivity contribution in [2.75, 3.05) is 14.2 Å². The van der Waals surface area contributed by atoms with Crippen LogP contribution in [0.1, 0.15) is 16.7 Å². The van der Waals surface area contributed by atoms with E-state index >= 15 is 0 Å². The SMILES string of the molecule is COc1ccc(S(=O)(=O)NCc2cc(C)c(C)cc2OC)cc1. The summed E-state index contributed by atoms with van der Waals surface area (Å²) in [6.45, 7) is 4.14. The van der Waals surface area contributed by atoms with E-state index in [-0.39, 0.29) is 11.4 Å². The molecule has 23 heavy (non-hydrogen) atoms. The van der Waals surface area contributed by atoms with Crippen LogP contribution in [0.25, 0.3) is 0 Å². The van der Waals surface area contributed by atoms with Gasteiger partial charge in [0.05, 0.1) is 19.1 Å².